The SMILES string of the molecule is CCc1n[nH]c(=S)n1CC1CCC(=O)N1. The van der Waals surface area contributed by atoms with Crippen molar-refractivity contribution in [2.45, 2.75) is 38.8 Å². The molecule has 5 nitrogen and oxygen atoms in total. The van der Waals surface area contributed by atoms with Crippen molar-refractivity contribution in [3.8, 4) is 0 Å². The molecular weight excluding hydrogens is 212 g/mol. The summed E-state index contributed by atoms with van der Waals surface area (Å²) in [6.07, 6.45) is 2.35. The molecule has 1 aliphatic rings. The van der Waals surface area contributed by atoms with Crippen LogP contribution in [0.2, 0.25) is 0 Å². The zero-order valence-electron chi connectivity index (χ0n) is 8.62. The lowest BCUT2D eigenvalue weighted by Gasteiger charge is -2.11. The van der Waals surface area contributed by atoms with E-state index >= 15 is 0 Å². The van der Waals surface area contributed by atoms with E-state index in [1.807, 2.05) is 11.5 Å². The minimum atomic E-state index is 0.132. The van der Waals surface area contributed by atoms with Crippen LogP contribution in [-0.2, 0) is 17.8 Å². The zero-order valence-corrected chi connectivity index (χ0v) is 9.43. The Morgan fingerprint density at radius 3 is 3.07 bits per heavy atom. The largest absolute Gasteiger partial charge is 0.352 e. The van der Waals surface area contributed by atoms with Gasteiger partial charge in [0.15, 0.2) is 4.77 Å². The lowest BCUT2D eigenvalue weighted by molar-refractivity contribution is -0.119. The van der Waals surface area contributed by atoms with E-state index in [0.29, 0.717) is 11.2 Å². The highest BCUT2D eigenvalue weighted by molar-refractivity contribution is 7.71. The molecule has 0 aliphatic carbocycles. The number of aromatic nitrogens is 3. The normalized spacial score (nSPS) is 20.6. The minimum Gasteiger partial charge on any atom is -0.352 e. The number of amides is 1. The number of aryl methyl sites for hydroxylation is 1. The molecule has 2 rings (SSSR count). The molecule has 2 N–H and O–H groups in total. The first kappa shape index (κ1) is 10.4. The first-order valence-electron chi connectivity index (χ1n) is 5.14. The van der Waals surface area contributed by atoms with Crippen LogP contribution < -0.4 is 5.32 Å². The molecule has 2 heterocycles. The van der Waals surface area contributed by atoms with Gasteiger partial charge in [0, 0.05) is 25.4 Å². The predicted molar refractivity (Wildman–Crippen MR) is 58.0 cm³/mol. The Morgan fingerprint density at radius 1 is 1.67 bits per heavy atom. The first-order valence-corrected chi connectivity index (χ1v) is 5.55. The quantitative estimate of drug-likeness (QED) is 0.749. The third-order valence-electron chi connectivity index (χ3n) is 2.64. The highest BCUT2D eigenvalue weighted by atomic mass is 32.1. The van der Waals surface area contributed by atoms with E-state index in [1.165, 1.54) is 0 Å². The standard InChI is InChI=1S/C9H14N4OS/c1-2-7-11-12-9(15)13(7)5-6-3-4-8(14)10-6/h6H,2-5H2,1H3,(H,10,14)(H,12,15). The van der Waals surface area contributed by atoms with E-state index in [2.05, 4.69) is 15.5 Å². The van der Waals surface area contributed by atoms with E-state index in [1.54, 1.807) is 0 Å². The molecule has 0 saturated carbocycles. The van der Waals surface area contributed by atoms with Gasteiger partial charge in [0.2, 0.25) is 5.91 Å². The van der Waals surface area contributed by atoms with Crippen molar-refractivity contribution in [2.75, 3.05) is 0 Å². The molecule has 1 amide bonds. The predicted octanol–water partition coefficient (Wildman–Crippen LogP) is 0.782. The third-order valence-corrected chi connectivity index (χ3v) is 2.95. The molecule has 0 bridgehead atoms. The van der Waals surface area contributed by atoms with Crippen LogP contribution in [0.3, 0.4) is 0 Å². The Labute approximate surface area is 92.9 Å². The van der Waals surface area contributed by atoms with Crippen molar-refractivity contribution >= 4 is 18.1 Å². The fourth-order valence-corrected chi connectivity index (χ4v) is 2.07. The molecule has 1 aliphatic heterocycles. The Kier molecular flexibility index (Phi) is 2.86. The summed E-state index contributed by atoms with van der Waals surface area (Å²) in [4.78, 5) is 11.1. The number of rotatable bonds is 3. The fraction of sp³-hybridized carbons (Fsp3) is 0.667. The Bertz CT molecular complexity index is 422. The van der Waals surface area contributed by atoms with E-state index in [4.69, 9.17) is 12.2 Å². The number of carbonyl (C=O) groups excluding carboxylic acids is 1. The van der Waals surface area contributed by atoms with E-state index in [9.17, 15) is 4.79 Å². The number of aromatic amines is 1. The second-order valence-electron chi connectivity index (χ2n) is 3.71. The zero-order chi connectivity index (χ0) is 10.8. The van der Waals surface area contributed by atoms with Crippen LogP contribution in [-0.4, -0.2) is 26.7 Å². The van der Waals surface area contributed by atoms with Gasteiger partial charge in [-0.3, -0.25) is 9.89 Å². The number of hydrogen-bond acceptors (Lipinski definition) is 3. The van der Waals surface area contributed by atoms with Crippen LogP contribution in [0.5, 0.6) is 0 Å². The third kappa shape index (κ3) is 2.09. The van der Waals surface area contributed by atoms with Crippen molar-refractivity contribution in [2.24, 2.45) is 0 Å². The number of nitrogens with one attached hydrogen (secondary N) is 2. The summed E-state index contributed by atoms with van der Waals surface area (Å²) < 4.78 is 2.60. The van der Waals surface area contributed by atoms with Crippen molar-refractivity contribution in [3.05, 3.63) is 10.6 Å². The van der Waals surface area contributed by atoms with Gasteiger partial charge in [-0.1, -0.05) is 6.92 Å². The lowest BCUT2D eigenvalue weighted by atomic mass is 10.2. The van der Waals surface area contributed by atoms with Gasteiger partial charge in [0.1, 0.15) is 5.82 Å². The molecule has 1 unspecified atom stereocenters. The monoisotopic (exact) mass is 226 g/mol. The maximum atomic E-state index is 11.1. The second kappa shape index (κ2) is 4.14. The molecule has 1 aromatic heterocycles. The van der Waals surface area contributed by atoms with Gasteiger partial charge >= 0.3 is 0 Å². The van der Waals surface area contributed by atoms with Crippen LogP contribution >= 0.6 is 12.2 Å². The Morgan fingerprint density at radius 2 is 2.47 bits per heavy atom. The number of carbonyl (C=O) groups is 1. The van der Waals surface area contributed by atoms with Crippen LogP contribution in [0.1, 0.15) is 25.6 Å². The number of nitrogens with zero attached hydrogens (tertiary/aromatic N) is 2. The molecular formula is C9H14N4OS. The molecule has 82 valence electrons. The molecule has 1 saturated heterocycles. The fourth-order valence-electron chi connectivity index (χ4n) is 1.84. The summed E-state index contributed by atoms with van der Waals surface area (Å²) in [7, 11) is 0. The summed E-state index contributed by atoms with van der Waals surface area (Å²) in [5.41, 5.74) is 0. The molecule has 1 fully saturated rings. The Hall–Kier alpha value is -1.17. The summed E-state index contributed by atoms with van der Waals surface area (Å²) in [5, 5.41) is 9.83. The van der Waals surface area contributed by atoms with Gasteiger partial charge in [0.25, 0.3) is 0 Å². The maximum Gasteiger partial charge on any atom is 0.220 e. The van der Waals surface area contributed by atoms with Gasteiger partial charge < -0.3 is 9.88 Å². The smallest absolute Gasteiger partial charge is 0.220 e. The summed E-state index contributed by atoms with van der Waals surface area (Å²) in [6.45, 7) is 2.76. The van der Waals surface area contributed by atoms with Gasteiger partial charge in [0.05, 0.1) is 0 Å². The lowest BCUT2D eigenvalue weighted by Crippen LogP contribution is -2.30. The number of hydrogen-bond donors (Lipinski definition) is 2. The van der Waals surface area contributed by atoms with Crippen molar-refractivity contribution < 1.29 is 4.79 Å². The van der Waals surface area contributed by atoms with Gasteiger partial charge in [-0.2, -0.15) is 5.10 Å². The average Bonchev–Trinajstić information content (AvgIpc) is 2.76. The highest BCUT2D eigenvalue weighted by Crippen LogP contribution is 2.10. The van der Waals surface area contributed by atoms with Crippen molar-refractivity contribution in [3.63, 3.8) is 0 Å². The first-order chi connectivity index (χ1) is 7.20. The van der Waals surface area contributed by atoms with E-state index in [0.717, 1.165) is 25.2 Å². The van der Waals surface area contributed by atoms with Gasteiger partial charge in [-0.15, -0.1) is 0 Å². The van der Waals surface area contributed by atoms with Crippen LogP contribution in [0.15, 0.2) is 0 Å². The molecule has 15 heavy (non-hydrogen) atoms. The second-order valence-corrected chi connectivity index (χ2v) is 4.10. The summed E-state index contributed by atoms with van der Waals surface area (Å²) in [5.74, 6) is 1.08. The van der Waals surface area contributed by atoms with Crippen LogP contribution in [0.25, 0.3) is 0 Å². The van der Waals surface area contributed by atoms with Crippen LogP contribution in [0.4, 0.5) is 0 Å². The molecule has 0 radical (unpaired) electrons. The summed E-state index contributed by atoms with van der Waals surface area (Å²) in [6, 6.07) is 0.201. The topological polar surface area (TPSA) is 62.7 Å². The van der Waals surface area contributed by atoms with E-state index < -0.39 is 0 Å². The minimum absolute atomic E-state index is 0.132. The van der Waals surface area contributed by atoms with Crippen molar-refractivity contribution in [1.82, 2.24) is 20.1 Å². The molecule has 0 spiro atoms. The summed E-state index contributed by atoms with van der Waals surface area (Å²) >= 11 is 5.14. The average molecular weight is 226 g/mol. The molecule has 1 aromatic rings. The van der Waals surface area contributed by atoms with E-state index in [-0.39, 0.29) is 11.9 Å². The Balaban J connectivity index is 2.13. The number of H-pyrrole nitrogens is 1. The maximum absolute atomic E-state index is 11.1. The van der Waals surface area contributed by atoms with Gasteiger partial charge in [-0.05, 0) is 18.6 Å². The molecule has 0 aromatic carbocycles. The van der Waals surface area contributed by atoms with Crippen molar-refractivity contribution in [1.29, 1.82) is 0 Å². The van der Waals surface area contributed by atoms with Gasteiger partial charge in [-0.25, -0.2) is 0 Å². The highest BCUT2D eigenvalue weighted by Gasteiger charge is 2.21. The molecule has 1 atom stereocenters. The molecule has 6 heteroatoms. The van der Waals surface area contributed by atoms with Crippen LogP contribution in [0, 0.1) is 4.77 Å².